The van der Waals surface area contributed by atoms with Crippen LogP contribution in [0.4, 0.5) is 0 Å². The van der Waals surface area contributed by atoms with Gasteiger partial charge in [-0.25, -0.2) is 0 Å². The molecule has 0 aromatic rings. The lowest BCUT2D eigenvalue weighted by molar-refractivity contribution is -0.130. The molecule has 100 valence electrons. The van der Waals surface area contributed by atoms with Crippen molar-refractivity contribution in [2.75, 3.05) is 33.7 Å². The SMILES string of the molecule is CC(CN)CCC(=O)N1CC(C)C(N(C)C)C1. The Morgan fingerprint density at radius 2 is 2.12 bits per heavy atom. The number of carbonyl (C=O) groups excluding carboxylic acids is 1. The maximum Gasteiger partial charge on any atom is 0.222 e. The zero-order valence-corrected chi connectivity index (χ0v) is 11.6. The lowest BCUT2D eigenvalue weighted by Gasteiger charge is -2.22. The number of likely N-dealkylation sites (N-methyl/N-ethyl adjacent to an activating group) is 1. The number of hydrogen-bond donors (Lipinski definition) is 1. The summed E-state index contributed by atoms with van der Waals surface area (Å²) in [4.78, 5) is 16.3. The Morgan fingerprint density at radius 1 is 1.47 bits per heavy atom. The average molecular weight is 241 g/mol. The van der Waals surface area contributed by atoms with Crippen LogP contribution in [-0.4, -0.2) is 55.5 Å². The fourth-order valence-electron chi connectivity index (χ4n) is 2.47. The van der Waals surface area contributed by atoms with Crippen LogP contribution in [0.1, 0.15) is 26.7 Å². The summed E-state index contributed by atoms with van der Waals surface area (Å²) >= 11 is 0. The minimum absolute atomic E-state index is 0.293. The Hall–Kier alpha value is -0.610. The van der Waals surface area contributed by atoms with Gasteiger partial charge in [-0.15, -0.1) is 0 Å². The summed E-state index contributed by atoms with van der Waals surface area (Å²) in [5.41, 5.74) is 5.56. The van der Waals surface area contributed by atoms with Crippen LogP contribution in [0.15, 0.2) is 0 Å². The lowest BCUT2D eigenvalue weighted by Crippen LogP contribution is -2.35. The van der Waals surface area contributed by atoms with Crippen molar-refractivity contribution in [3.05, 3.63) is 0 Å². The number of nitrogens with two attached hydrogens (primary N) is 1. The van der Waals surface area contributed by atoms with E-state index >= 15 is 0 Å². The van der Waals surface area contributed by atoms with Crippen molar-refractivity contribution in [3.8, 4) is 0 Å². The van der Waals surface area contributed by atoms with Gasteiger partial charge in [-0.05, 0) is 38.9 Å². The predicted octanol–water partition coefficient (Wildman–Crippen LogP) is 0.770. The molecule has 2 N–H and O–H groups in total. The third kappa shape index (κ3) is 3.96. The van der Waals surface area contributed by atoms with Crippen LogP contribution in [0, 0.1) is 11.8 Å². The second-order valence-electron chi connectivity index (χ2n) is 5.69. The number of likely N-dealkylation sites (tertiary alicyclic amines) is 1. The third-order valence-corrected chi connectivity index (χ3v) is 3.84. The van der Waals surface area contributed by atoms with Crippen molar-refractivity contribution >= 4 is 5.91 Å². The van der Waals surface area contributed by atoms with E-state index in [1.54, 1.807) is 0 Å². The molecule has 4 heteroatoms. The summed E-state index contributed by atoms with van der Waals surface area (Å²) in [5, 5.41) is 0. The van der Waals surface area contributed by atoms with Crippen LogP contribution >= 0.6 is 0 Å². The van der Waals surface area contributed by atoms with E-state index in [1.165, 1.54) is 0 Å². The molecule has 1 rings (SSSR count). The first-order valence-electron chi connectivity index (χ1n) is 6.60. The second kappa shape index (κ2) is 6.36. The minimum Gasteiger partial charge on any atom is -0.341 e. The minimum atomic E-state index is 0.293. The number of amides is 1. The number of rotatable bonds is 5. The van der Waals surface area contributed by atoms with Crippen LogP contribution in [0.5, 0.6) is 0 Å². The Kier molecular flexibility index (Phi) is 5.40. The van der Waals surface area contributed by atoms with E-state index < -0.39 is 0 Å². The summed E-state index contributed by atoms with van der Waals surface area (Å²) in [6.07, 6.45) is 1.55. The second-order valence-corrected chi connectivity index (χ2v) is 5.69. The lowest BCUT2D eigenvalue weighted by atomic mass is 10.1. The van der Waals surface area contributed by atoms with Crippen LogP contribution < -0.4 is 5.73 Å². The van der Waals surface area contributed by atoms with Crippen LogP contribution in [-0.2, 0) is 4.79 Å². The van der Waals surface area contributed by atoms with E-state index in [0.29, 0.717) is 36.8 Å². The van der Waals surface area contributed by atoms with E-state index in [2.05, 4.69) is 32.8 Å². The summed E-state index contributed by atoms with van der Waals surface area (Å²) in [6.45, 7) is 6.77. The van der Waals surface area contributed by atoms with E-state index in [0.717, 1.165) is 19.5 Å². The van der Waals surface area contributed by atoms with Crippen molar-refractivity contribution in [2.45, 2.75) is 32.7 Å². The zero-order valence-electron chi connectivity index (χ0n) is 11.6. The Balaban J connectivity index is 2.39. The van der Waals surface area contributed by atoms with E-state index in [9.17, 15) is 4.79 Å². The first kappa shape index (κ1) is 14.5. The van der Waals surface area contributed by atoms with E-state index in [-0.39, 0.29) is 0 Å². The first-order valence-corrected chi connectivity index (χ1v) is 6.60. The van der Waals surface area contributed by atoms with Gasteiger partial charge in [-0.3, -0.25) is 4.79 Å². The molecular formula is C13H27N3O. The highest BCUT2D eigenvalue weighted by atomic mass is 16.2. The predicted molar refractivity (Wildman–Crippen MR) is 70.7 cm³/mol. The van der Waals surface area contributed by atoms with Gasteiger partial charge >= 0.3 is 0 Å². The van der Waals surface area contributed by atoms with Crippen molar-refractivity contribution in [3.63, 3.8) is 0 Å². The zero-order chi connectivity index (χ0) is 13.0. The van der Waals surface area contributed by atoms with Crippen molar-refractivity contribution < 1.29 is 4.79 Å². The Labute approximate surface area is 105 Å². The van der Waals surface area contributed by atoms with Crippen LogP contribution in [0.2, 0.25) is 0 Å². The van der Waals surface area contributed by atoms with Gasteiger partial charge in [0.25, 0.3) is 0 Å². The molecule has 1 aliphatic rings. The molecule has 1 heterocycles. The summed E-state index contributed by atoms with van der Waals surface area (Å²) < 4.78 is 0. The molecule has 1 saturated heterocycles. The maximum atomic E-state index is 12.0. The number of nitrogens with zero attached hydrogens (tertiary/aromatic N) is 2. The summed E-state index contributed by atoms with van der Waals surface area (Å²) in [6, 6.07) is 0.505. The van der Waals surface area contributed by atoms with Gasteiger partial charge in [-0.1, -0.05) is 13.8 Å². The molecule has 3 unspecified atom stereocenters. The normalized spacial score (nSPS) is 26.6. The molecule has 0 bridgehead atoms. The number of hydrogen-bond acceptors (Lipinski definition) is 3. The van der Waals surface area contributed by atoms with Gasteiger partial charge in [0.05, 0.1) is 0 Å². The van der Waals surface area contributed by atoms with Gasteiger partial charge < -0.3 is 15.5 Å². The molecule has 1 fully saturated rings. The van der Waals surface area contributed by atoms with Crippen molar-refractivity contribution in [1.82, 2.24) is 9.80 Å². The molecule has 4 nitrogen and oxygen atoms in total. The fraction of sp³-hybridized carbons (Fsp3) is 0.923. The van der Waals surface area contributed by atoms with Crippen molar-refractivity contribution in [2.24, 2.45) is 17.6 Å². The largest absolute Gasteiger partial charge is 0.341 e. The highest BCUT2D eigenvalue weighted by Crippen LogP contribution is 2.21. The van der Waals surface area contributed by atoms with Gasteiger partial charge in [0, 0.05) is 25.6 Å². The molecule has 0 aliphatic carbocycles. The summed E-state index contributed by atoms with van der Waals surface area (Å²) in [5.74, 6) is 1.31. The first-order chi connectivity index (χ1) is 7.95. The molecule has 1 aliphatic heterocycles. The Bertz CT molecular complexity index is 255. The molecule has 0 saturated carbocycles. The molecule has 0 aromatic carbocycles. The van der Waals surface area contributed by atoms with Crippen LogP contribution in [0.3, 0.4) is 0 Å². The average Bonchev–Trinajstić information content (AvgIpc) is 2.67. The van der Waals surface area contributed by atoms with Gasteiger partial charge in [0.15, 0.2) is 0 Å². The molecule has 1 amide bonds. The standard InChI is InChI=1S/C13H27N3O/c1-10(7-14)5-6-13(17)16-8-11(2)12(9-16)15(3)4/h10-12H,5-9,14H2,1-4H3. The van der Waals surface area contributed by atoms with Crippen molar-refractivity contribution in [1.29, 1.82) is 0 Å². The molecular weight excluding hydrogens is 214 g/mol. The molecule has 0 radical (unpaired) electrons. The monoisotopic (exact) mass is 241 g/mol. The molecule has 0 aromatic heterocycles. The highest BCUT2D eigenvalue weighted by molar-refractivity contribution is 5.76. The summed E-state index contributed by atoms with van der Waals surface area (Å²) in [7, 11) is 4.18. The van der Waals surface area contributed by atoms with Crippen LogP contribution in [0.25, 0.3) is 0 Å². The van der Waals surface area contributed by atoms with E-state index in [4.69, 9.17) is 5.73 Å². The van der Waals surface area contributed by atoms with E-state index in [1.807, 2.05) is 4.90 Å². The third-order valence-electron chi connectivity index (χ3n) is 3.84. The van der Waals surface area contributed by atoms with Gasteiger partial charge in [0.1, 0.15) is 0 Å². The quantitative estimate of drug-likeness (QED) is 0.773. The van der Waals surface area contributed by atoms with Gasteiger partial charge in [-0.2, -0.15) is 0 Å². The molecule has 0 spiro atoms. The molecule has 3 atom stereocenters. The van der Waals surface area contributed by atoms with Gasteiger partial charge in [0.2, 0.25) is 5.91 Å². The smallest absolute Gasteiger partial charge is 0.222 e. The highest BCUT2D eigenvalue weighted by Gasteiger charge is 2.33. The topological polar surface area (TPSA) is 49.6 Å². The number of carbonyl (C=O) groups is 1. The molecule has 17 heavy (non-hydrogen) atoms. The Morgan fingerprint density at radius 3 is 2.59 bits per heavy atom. The fourth-order valence-corrected chi connectivity index (χ4v) is 2.47. The maximum absolute atomic E-state index is 12.0.